The summed E-state index contributed by atoms with van der Waals surface area (Å²) in [5.41, 5.74) is 6.23. The molecule has 3 aromatic rings. The van der Waals surface area contributed by atoms with Crippen LogP contribution in [-0.2, 0) is 22.4 Å². The first-order valence-corrected chi connectivity index (χ1v) is 14.0. The zero-order valence-electron chi connectivity index (χ0n) is 23.7. The lowest BCUT2D eigenvalue weighted by Gasteiger charge is -2.40. The van der Waals surface area contributed by atoms with Gasteiger partial charge in [0.25, 0.3) is 5.91 Å². The van der Waals surface area contributed by atoms with E-state index in [2.05, 4.69) is 32.7 Å². The molecule has 1 amide bonds. The van der Waals surface area contributed by atoms with Crippen molar-refractivity contribution in [3.8, 4) is 11.8 Å². The number of nitrogen functional groups attached to an aromatic ring is 1. The van der Waals surface area contributed by atoms with Crippen LogP contribution in [0.25, 0.3) is 5.52 Å². The Labute approximate surface area is 245 Å². The summed E-state index contributed by atoms with van der Waals surface area (Å²) in [6.07, 6.45) is -5.13. The van der Waals surface area contributed by atoms with Crippen LogP contribution >= 0.6 is 0 Å². The van der Waals surface area contributed by atoms with Gasteiger partial charge in [-0.25, -0.2) is 13.6 Å². The number of carbonyl (C=O) groups excluding carboxylic acids is 1. The van der Waals surface area contributed by atoms with E-state index in [0.29, 0.717) is 51.8 Å². The van der Waals surface area contributed by atoms with Gasteiger partial charge in [-0.2, -0.15) is 23.4 Å². The summed E-state index contributed by atoms with van der Waals surface area (Å²) >= 11 is 0. The lowest BCUT2D eigenvalue weighted by Crippen LogP contribution is -2.53. The van der Waals surface area contributed by atoms with Crippen molar-refractivity contribution in [2.75, 3.05) is 64.2 Å². The number of nitrogens with one attached hydrogen (secondary N) is 2. The number of alkyl halides is 4. The molecule has 2 aliphatic heterocycles. The summed E-state index contributed by atoms with van der Waals surface area (Å²) in [6, 6.07) is 4.15. The fraction of sp³-hybridized carbons (Fsp3) is 0.536. The van der Waals surface area contributed by atoms with Crippen LogP contribution in [0.4, 0.5) is 29.2 Å². The van der Waals surface area contributed by atoms with Crippen LogP contribution in [0.1, 0.15) is 28.0 Å². The van der Waals surface area contributed by atoms with Gasteiger partial charge in [-0.1, -0.05) is 12.0 Å². The number of aromatic nitrogens is 4. The van der Waals surface area contributed by atoms with Crippen molar-refractivity contribution in [3.63, 3.8) is 0 Å². The highest BCUT2D eigenvalue weighted by molar-refractivity contribution is 5.98. The van der Waals surface area contributed by atoms with E-state index in [1.54, 1.807) is 12.1 Å². The molecule has 11 nitrogen and oxygen atoms in total. The molecule has 5 heterocycles. The van der Waals surface area contributed by atoms with Gasteiger partial charge in [0, 0.05) is 25.3 Å². The summed E-state index contributed by atoms with van der Waals surface area (Å²) < 4.78 is 70.4. The van der Waals surface area contributed by atoms with Crippen molar-refractivity contribution < 1.29 is 31.8 Å². The number of hydrogen-bond donors (Lipinski definition) is 3. The molecule has 15 heteroatoms. The van der Waals surface area contributed by atoms with E-state index < -0.39 is 30.7 Å². The van der Waals surface area contributed by atoms with E-state index in [4.69, 9.17) is 15.2 Å². The van der Waals surface area contributed by atoms with E-state index in [-0.39, 0.29) is 47.2 Å². The Morgan fingerprint density at radius 2 is 1.95 bits per heavy atom. The molecule has 0 radical (unpaired) electrons. The third-order valence-corrected chi connectivity index (χ3v) is 7.50. The Hall–Kier alpha value is -3.87. The molecule has 3 atom stereocenters. The van der Waals surface area contributed by atoms with Crippen molar-refractivity contribution in [3.05, 3.63) is 41.2 Å². The molecule has 5 rings (SSSR count). The van der Waals surface area contributed by atoms with Gasteiger partial charge in [-0.05, 0) is 37.4 Å². The summed E-state index contributed by atoms with van der Waals surface area (Å²) in [5.74, 6) is 5.19. The number of anilines is 2. The predicted octanol–water partition coefficient (Wildman–Crippen LogP) is 2.12. The number of nitrogens with two attached hydrogens (primary N) is 1. The number of ether oxygens (including phenoxy) is 2. The minimum atomic E-state index is -4.52. The van der Waals surface area contributed by atoms with Gasteiger partial charge in [0.05, 0.1) is 57.1 Å². The summed E-state index contributed by atoms with van der Waals surface area (Å²) in [7, 11) is 1.85. The Bertz CT molecular complexity index is 1490. The lowest BCUT2D eigenvalue weighted by molar-refractivity contribution is -0.127. The third kappa shape index (κ3) is 7.38. The molecule has 232 valence electrons. The van der Waals surface area contributed by atoms with Gasteiger partial charge >= 0.3 is 6.18 Å². The van der Waals surface area contributed by atoms with Crippen molar-refractivity contribution in [1.82, 2.24) is 29.6 Å². The molecular formula is C28H34F4N8O3. The molecule has 2 aliphatic rings. The highest BCUT2D eigenvalue weighted by Crippen LogP contribution is 2.30. The van der Waals surface area contributed by atoms with Crippen LogP contribution in [0.5, 0.6) is 0 Å². The van der Waals surface area contributed by atoms with Crippen molar-refractivity contribution >= 4 is 23.1 Å². The number of rotatable bonds is 1. The van der Waals surface area contributed by atoms with E-state index >= 15 is 4.39 Å². The second-order valence-electron chi connectivity index (χ2n) is 10.7. The van der Waals surface area contributed by atoms with Gasteiger partial charge in [0.15, 0.2) is 0 Å². The molecule has 0 spiro atoms. The highest BCUT2D eigenvalue weighted by Gasteiger charge is 2.37. The van der Waals surface area contributed by atoms with Crippen LogP contribution in [0.3, 0.4) is 0 Å². The fourth-order valence-corrected chi connectivity index (χ4v) is 5.45. The molecule has 4 N–H and O–H groups in total. The molecule has 1 fully saturated rings. The second-order valence-corrected chi connectivity index (χ2v) is 10.7. The normalized spacial score (nSPS) is 23.2. The van der Waals surface area contributed by atoms with Gasteiger partial charge < -0.3 is 30.7 Å². The van der Waals surface area contributed by atoms with Gasteiger partial charge in [0.1, 0.15) is 29.1 Å². The molecular weight excluding hydrogens is 572 g/mol. The third-order valence-electron chi connectivity index (χ3n) is 7.50. The van der Waals surface area contributed by atoms with Gasteiger partial charge in [-0.15, -0.1) is 0 Å². The SMILES string of the molecule is CN1C[C@@H]2CCOCCOCCn3ncc(c3N)C(=O)NCC#Cc3nn4c(cccc4c3CC(F)(F)F)N[C@H]2[C@@H](F)C1. The van der Waals surface area contributed by atoms with Crippen LogP contribution in [0.2, 0.25) is 0 Å². The molecule has 0 aromatic carbocycles. The molecule has 0 saturated carbocycles. The summed E-state index contributed by atoms with van der Waals surface area (Å²) in [5, 5.41) is 14.3. The number of likely N-dealkylation sites (tertiary alicyclic amines) is 1. The Morgan fingerprint density at radius 3 is 2.74 bits per heavy atom. The van der Waals surface area contributed by atoms with Gasteiger partial charge in [-0.3, -0.25) is 4.79 Å². The summed E-state index contributed by atoms with van der Waals surface area (Å²) in [6.45, 7) is 2.30. The smallest absolute Gasteiger partial charge is 0.383 e. The maximum absolute atomic E-state index is 15.4. The molecule has 4 bridgehead atoms. The van der Waals surface area contributed by atoms with Crippen molar-refractivity contribution in [1.29, 1.82) is 0 Å². The Kier molecular flexibility index (Phi) is 9.38. The first kappa shape index (κ1) is 30.6. The maximum atomic E-state index is 15.4. The lowest BCUT2D eigenvalue weighted by atomic mass is 9.88. The first-order chi connectivity index (χ1) is 20.6. The van der Waals surface area contributed by atoms with Crippen molar-refractivity contribution in [2.45, 2.75) is 37.8 Å². The van der Waals surface area contributed by atoms with Crippen LogP contribution < -0.4 is 16.4 Å². The number of piperidine rings is 1. The Morgan fingerprint density at radius 1 is 1.16 bits per heavy atom. The number of halogens is 4. The summed E-state index contributed by atoms with van der Waals surface area (Å²) in [4.78, 5) is 14.6. The maximum Gasteiger partial charge on any atom is 0.393 e. The zero-order valence-corrected chi connectivity index (χ0v) is 23.7. The highest BCUT2D eigenvalue weighted by atomic mass is 19.4. The minimum Gasteiger partial charge on any atom is -0.383 e. The number of pyridine rings is 1. The van der Waals surface area contributed by atoms with E-state index in [0.717, 1.165) is 0 Å². The second kappa shape index (κ2) is 13.2. The van der Waals surface area contributed by atoms with E-state index in [1.165, 1.54) is 21.5 Å². The standard InChI is InChI=1S/C28H34F4N8O3/c1-38-16-18-7-10-42-12-13-43-11-9-39-26(33)20(15-35-39)27(41)34-8-3-4-22-19(14-28(30,31)32)23-5-2-6-24(40(23)37-22)36-25(18)21(29)17-38/h2,5-6,15,18,21,25,36H,7-14,16-17,33H2,1H3,(H,34,41)/t18-,21-,25+/m0/s1. The zero-order chi connectivity index (χ0) is 30.6. The molecule has 43 heavy (non-hydrogen) atoms. The first-order valence-electron chi connectivity index (χ1n) is 14.0. The van der Waals surface area contributed by atoms with Crippen LogP contribution in [-0.4, -0.2) is 102 Å². The predicted molar refractivity (Wildman–Crippen MR) is 150 cm³/mol. The average molecular weight is 607 g/mol. The largest absolute Gasteiger partial charge is 0.393 e. The number of fused-ring (bicyclic) bond motifs is 4. The fourth-order valence-electron chi connectivity index (χ4n) is 5.45. The molecule has 1 saturated heterocycles. The van der Waals surface area contributed by atoms with Crippen molar-refractivity contribution in [2.24, 2.45) is 5.92 Å². The number of hydrogen-bond acceptors (Lipinski definition) is 8. The van der Waals surface area contributed by atoms with Crippen LogP contribution in [0, 0.1) is 17.8 Å². The van der Waals surface area contributed by atoms with Gasteiger partial charge in [0.2, 0.25) is 0 Å². The monoisotopic (exact) mass is 606 g/mol. The quantitative estimate of drug-likeness (QED) is 0.285. The van der Waals surface area contributed by atoms with Crippen LogP contribution in [0.15, 0.2) is 24.4 Å². The Balaban J connectivity index is 1.48. The topological polar surface area (TPSA) is 124 Å². The molecule has 3 aromatic heterocycles. The van der Waals surface area contributed by atoms with E-state index in [1.807, 2.05) is 11.9 Å². The van der Waals surface area contributed by atoms with E-state index in [9.17, 15) is 18.0 Å². The minimum absolute atomic E-state index is 0.0864. The number of amides is 1. The number of nitrogens with zero attached hydrogens (tertiary/aromatic N) is 5. The molecule has 0 unspecified atom stereocenters. The molecule has 0 aliphatic carbocycles. The average Bonchev–Trinajstić information content (AvgIpc) is 3.48. The number of carbonyl (C=O) groups is 1.